The predicted molar refractivity (Wildman–Crippen MR) is 106 cm³/mol. The van der Waals surface area contributed by atoms with Crippen LogP contribution in [0.3, 0.4) is 0 Å². The van der Waals surface area contributed by atoms with Crippen molar-refractivity contribution < 1.29 is 14.4 Å². The topological polar surface area (TPSA) is 78.5 Å². The molecule has 1 atom stereocenters. The van der Waals surface area contributed by atoms with Gasteiger partial charge in [-0.2, -0.15) is 0 Å². The smallest absolute Gasteiger partial charge is 0.325 e. The van der Waals surface area contributed by atoms with Crippen LogP contribution >= 0.6 is 23.2 Å². The fourth-order valence-corrected chi connectivity index (χ4v) is 3.50. The molecule has 27 heavy (non-hydrogen) atoms. The standard InChI is InChI=1S/C19H25Cl2N3O3/c1-3-4-5-6-9-19(2)17(26)24(18(27)23-19)12-16(25)22-11-13-7-8-14(20)10-15(13)21/h7-8,10H,3-6,9,11-12H2,1-2H3,(H,22,25)(H,23,27). The number of unbranched alkanes of at least 4 members (excludes halogenated alkanes) is 3. The maximum Gasteiger partial charge on any atom is 0.325 e. The van der Waals surface area contributed by atoms with Crippen molar-refractivity contribution in [3.63, 3.8) is 0 Å². The van der Waals surface area contributed by atoms with Crippen molar-refractivity contribution in [3.8, 4) is 0 Å². The highest BCUT2D eigenvalue weighted by molar-refractivity contribution is 6.35. The van der Waals surface area contributed by atoms with Gasteiger partial charge in [-0.1, -0.05) is 61.9 Å². The van der Waals surface area contributed by atoms with Crippen LogP contribution in [-0.2, 0) is 16.1 Å². The molecule has 6 nitrogen and oxygen atoms in total. The lowest BCUT2D eigenvalue weighted by atomic mass is 9.94. The molecule has 0 aromatic heterocycles. The van der Waals surface area contributed by atoms with Crippen molar-refractivity contribution in [2.24, 2.45) is 0 Å². The zero-order valence-corrected chi connectivity index (χ0v) is 17.1. The van der Waals surface area contributed by atoms with Crippen molar-refractivity contribution in [2.75, 3.05) is 6.54 Å². The van der Waals surface area contributed by atoms with Gasteiger partial charge in [0.1, 0.15) is 12.1 Å². The van der Waals surface area contributed by atoms with E-state index in [1.165, 1.54) is 0 Å². The number of carbonyl (C=O) groups is 3. The molecular formula is C19H25Cl2N3O3. The number of benzene rings is 1. The Balaban J connectivity index is 1.89. The molecule has 2 rings (SSSR count). The number of nitrogens with one attached hydrogen (secondary N) is 2. The minimum atomic E-state index is -0.940. The van der Waals surface area contributed by atoms with Gasteiger partial charge in [0.2, 0.25) is 5.91 Å². The Labute approximate surface area is 169 Å². The number of urea groups is 1. The van der Waals surface area contributed by atoms with E-state index >= 15 is 0 Å². The lowest BCUT2D eigenvalue weighted by molar-refractivity contribution is -0.134. The van der Waals surface area contributed by atoms with Crippen LogP contribution in [0.25, 0.3) is 0 Å². The Bertz CT molecular complexity index is 726. The first-order valence-electron chi connectivity index (χ1n) is 9.11. The second kappa shape index (κ2) is 9.42. The first-order chi connectivity index (χ1) is 12.8. The fraction of sp³-hybridized carbons (Fsp3) is 0.526. The van der Waals surface area contributed by atoms with Crippen molar-refractivity contribution in [3.05, 3.63) is 33.8 Å². The Morgan fingerprint density at radius 3 is 2.63 bits per heavy atom. The summed E-state index contributed by atoms with van der Waals surface area (Å²) in [6, 6.07) is 4.45. The highest BCUT2D eigenvalue weighted by atomic mass is 35.5. The molecule has 1 fully saturated rings. The van der Waals surface area contributed by atoms with Gasteiger partial charge in [-0.05, 0) is 31.0 Å². The lowest BCUT2D eigenvalue weighted by Crippen LogP contribution is -2.45. The van der Waals surface area contributed by atoms with Gasteiger partial charge in [-0.25, -0.2) is 4.79 Å². The van der Waals surface area contributed by atoms with Gasteiger partial charge in [-0.15, -0.1) is 0 Å². The van der Waals surface area contributed by atoms with Crippen LogP contribution in [0.4, 0.5) is 4.79 Å². The molecule has 0 saturated carbocycles. The van der Waals surface area contributed by atoms with Gasteiger partial charge in [0.25, 0.3) is 5.91 Å². The Morgan fingerprint density at radius 1 is 1.22 bits per heavy atom. The quantitative estimate of drug-likeness (QED) is 0.475. The minimum Gasteiger partial charge on any atom is -0.350 e. The molecule has 4 amide bonds. The second-order valence-electron chi connectivity index (χ2n) is 6.98. The zero-order chi connectivity index (χ0) is 20.0. The summed E-state index contributed by atoms with van der Waals surface area (Å²) in [5.41, 5.74) is -0.239. The normalized spacial score (nSPS) is 19.3. The molecule has 1 heterocycles. The van der Waals surface area contributed by atoms with Crippen LogP contribution < -0.4 is 10.6 Å². The highest BCUT2D eigenvalue weighted by Crippen LogP contribution is 2.24. The molecule has 1 aliphatic heterocycles. The van der Waals surface area contributed by atoms with Crippen molar-refractivity contribution in [1.82, 2.24) is 15.5 Å². The molecular weight excluding hydrogens is 389 g/mol. The number of rotatable bonds is 9. The van der Waals surface area contributed by atoms with E-state index in [2.05, 4.69) is 17.6 Å². The van der Waals surface area contributed by atoms with Crippen LogP contribution in [0.15, 0.2) is 18.2 Å². The van der Waals surface area contributed by atoms with Crippen LogP contribution in [0.2, 0.25) is 10.0 Å². The second-order valence-corrected chi connectivity index (χ2v) is 7.82. The molecule has 1 aromatic carbocycles. The van der Waals surface area contributed by atoms with Gasteiger partial charge in [0.15, 0.2) is 0 Å². The summed E-state index contributed by atoms with van der Waals surface area (Å²) < 4.78 is 0. The van der Waals surface area contributed by atoms with Crippen LogP contribution in [0.5, 0.6) is 0 Å². The third kappa shape index (κ3) is 5.59. The highest BCUT2D eigenvalue weighted by Gasteiger charge is 2.47. The molecule has 1 aromatic rings. The summed E-state index contributed by atoms with van der Waals surface area (Å²) in [5, 5.41) is 6.35. The number of hydrogen-bond donors (Lipinski definition) is 2. The van der Waals surface area contributed by atoms with Crippen molar-refractivity contribution in [1.29, 1.82) is 0 Å². The minimum absolute atomic E-state index is 0.187. The average Bonchev–Trinajstić information content (AvgIpc) is 2.81. The van der Waals surface area contributed by atoms with Gasteiger partial charge in [0, 0.05) is 16.6 Å². The first kappa shape index (κ1) is 21.5. The molecule has 0 bridgehead atoms. The van der Waals surface area contributed by atoms with Crippen molar-refractivity contribution in [2.45, 2.75) is 58.0 Å². The Kier molecular flexibility index (Phi) is 7.50. The van der Waals surface area contributed by atoms with Crippen LogP contribution in [0, 0.1) is 0 Å². The van der Waals surface area contributed by atoms with Gasteiger partial charge < -0.3 is 10.6 Å². The molecule has 8 heteroatoms. The summed E-state index contributed by atoms with van der Waals surface area (Å²) >= 11 is 11.9. The summed E-state index contributed by atoms with van der Waals surface area (Å²) in [6.07, 6.45) is 4.62. The lowest BCUT2D eigenvalue weighted by Gasteiger charge is -2.21. The molecule has 2 N–H and O–H groups in total. The van der Waals surface area contributed by atoms with Crippen molar-refractivity contribution >= 4 is 41.0 Å². The number of amides is 4. The maximum absolute atomic E-state index is 12.6. The maximum atomic E-state index is 12.6. The number of halogens is 2. The Morgan fingerprint density at radius 2 is 1.96 bits per heavy atom. The van der Waals surface area contributed by atoms with E-state index in [-0.39, 0.29) is 19.0 Å². The molecule has 0 aliphatic carbocycles. The average molecular weight is 414 g/mol. The van der Waals surface area contributed by atoms with Gasteiger partial charge in [0.05, 0.1) is 0 Å². The zero-order valence-electron chi connectivity index (χ0n) is 15.6. The molecule has 1 saturated heterocycles. The van der Waals surface area contributed by atoms with Gasteiger partial charge in [-0.3, -0.25) is 14.5 Å². The predicted octanol–water partition coefficient (Wildman–Crippen LogP) is 3.89. The number of carbonyl (C=O) groups excluding carboxylic acids is 3. The Hall–Kier alpha value is -1.79. The van der Waals surface area contributed by atoms with E-state index in [1.54, 1.807) is 25.1 Å². The van der Waals surface area contributed by atoms with Crippen LogP contribution in [0.1, 0.15) is 51.5 Å². The number of imide groups is 1. The van der Waals surface area contributed by atoms with E-state index < -0.39 is 17.5 Å². The third-order valence-corrected chi connectivity index (χ3v) is 5.26. The third-order valence-electron chi connectivity index (χ3n) is 4.67. The van der Waals surface area contributed by atoms with E-state index in [9.17, 15) is 14.4 Å². The summed E-state index contributed by atoms with van der Waals surface area (Å²) in [7, 11) is 0. The number of hydrogen-bond acceptors (Lipinski definition) is 3. The molecule has 1 aliphatic rings. The monoisotopic (exact) mass is 413 g/mol. The summed E-state index contributed by atoms with van der Waals surface area (Å²) in [6.45, 7) is 3.69. The molecule has 1 unspecified atom stereocenters. The van der Waals surface area contributed by atoms with Gasteiger partial charge >= 0.3 is 6.03 Å². The molecule has 148 valence electrons. The summed E-state index contributed by atoms with van der Waals surface area (Å²) in [4.78, 5) is 38.0. The fourth-order valence-electron chi connectivity index (χ4n) is 3.02. The van der Waals surface area contributed by atoms with E-state index in [0.29, 0.717) is 22.0 Å². The SMILES string of the molecule is CCCCCCC1(C)NC(=O)N(CC(=O)NCc2ccc(Cl)cc2Cl)C1=O. The first-order valence-corrected chi connectivity index (χ1v) is 9.87. The van der Waals surface area contributed by atoms with E-state index in [1.807, 2.05) is 0 Å². The van der Waals surface area contributed by atoms with Crippen LogP contribution in [-0.4, -0.2) is 34.8 Å². The number of nitrogens with zero attached hydrogens (tertiary/aromatic N) is 1. The summed E-state index contributed by atoms with van der Waals surface area (Å²) in [5.74, 6) is -0.788. The molecule has 0 radical (unpaired) electrons. The molecule has 0 spiro atoms. The largest absolute Gasteiger partial charge is 0.350 e. The van der Waals surface area contributed by atoms with E-state index in [4.69, 9.17) is 23.2 Å². The van der Waals surface area contributed by atoms with E-state index in [0.717, 1.165) is 30.6 Å².